The number of aryl methyl sites for hydroxylation is 1. The maximum absolute atomic E-state index is 11.9. The molecule has 2 aromatic rings. The Bertz CT molecular complexity index is 674. The van der Waals surface area contributed by atoms with Gasteiger partial charge in [0.2, 0.25) is 0 Å². The molecule has 0 amide bonds. The Morgan fingerprint density at radius 3 is 2.68 bits per heavy atom. The lowest BCUT2D eigenvalue weighted by atomic mass is 10.2. The fourth-order valence-corrected chi connectivity index (χ4v) is 2.42. The maximum Gasteiger partial charge on any atom is 0.331 e. The number of unbranched alkanes of at least 4 members (excludes halogenated alkanes) is 1. The first kappa shape index (κ1) is 16.3. The van der Waals surface area contributed by atoms with Crippen molar-refractivity contribution in [3.63, 3.8) is 0 Å². The smallest absolute Gasteiger partial charge is 0.331 e. The van der Waals surface area contributed by atoms with Crippen LogP contribution in [0.4, 0.5) is 0 Å². The minimum atomic E-state index is -0.462. The molecule has 0 fully saturated rings. The molecule has 2 rings (SSSR count). The highest BCUT2D eigenvalue weighted by Crippen LogP contribution is 2.22. The Balaban J connectivity index is 2.28. The van der Waals surface area contributed by atoms with Crippen LogP contribution in [0.3, 0.4) is 0 Å². The molecule has 0 saturated heterocycles. The van der Waals surface area contributed by atoms with Crippen LogP contribution in [0.15, 0.2) is 36.4 Å². The summed E-state index contributed by atoms with van der Waals surface area (Å²) in [7, 11) is 0. The first-order valence-corrected chi connectivity index (χ1v) is 7.90. The van der Waals surface area contributed by atoms with E-state index in [9.17, 15) is 4.79 Å². The fraction of sp³-hybridized carbons (Fsp3) is 0.421. The average molecular weight is 299 g/mol. The predicted octanol–water partition coefficient (Wildman–Crippen LogP) is 4.80. The summed E-state index contributed by atoms with van der Waals surface area (Å²) in [6.07, 6.45) is 5.62. The normalized spacial score (nSPS) is 12.2. The maximum atomic E-state index is 11.9. The largest absolute Gasteiger partial charge is 0.457 e. The zero-order valence-electron chi connectivity index (χ0n) is 13.9. The minimum absolute atomic E-state index is 0.306. The summed E-state index contributed by atoms with van der Waals surface area (Å²) in [6.45, 7) is 8.75. The van der Waals surface area contributed by atoms with E-state index in [-0.39, 0.29) is 5.97 Å². The Labute approximate surface area is 132 Å². The van der Waals surface area contributed by atoms with Crippen molar-refractivity contribution in [2.45, 2.75) is 52.7 Å². The van der Waals surface area contributed by atoms with Crippen LogP contribution in [0, 0.1) is 0 Å². The summed E-state index contributed by atoms with van der Waals surface area (Å²) in [5, 5.41) is 1.20. The second kappa shape index (κ2) is 6.82. The van der Waals surface area contributed by atoms with Crippen molar-refractivity contribution in [1.82, 2.24) is 4.57 Å². The first-order chi connectivity index (χ1) is 10.4. The van der Waals surface area contributed by atoms with Crippen molar-refractivity contribution in [1.29, 1.82) is 0 Å². The molecule has 3 nitrogen and oxygen atoms in total. The van der Waals surface area contributed by atoms with Crippen LogP contribution in [-0.4, -0.2) is 16.1 Å². The highest BCUT2D eigenvalue weighted by Gasteiger charge is 2.14. The van der Waals surface area contributed by atoms with Gasteiger partial charge in [-0.1, -0.05) is 31.5 Å². The zero-order valence-corrected chi connectivity index (χ0v) is 13.9. The van der Waals surface area contributed by atoms with E-state index in [0.29, 0.717) is 0 Å². The zero-order chi connectivity index (χ0) is 16.2. The van der Waals surface area contributed by atoms with Gasteiger partial charge in [-0.05, 0) is 45.4 Å². The molecule has 0 saturated carbocycles. The van der Waals surface area contributed by atoms with E-state index in [1.54, 1.807) is 0 Å². The Morgan fingerprint density at radius 2 is 2.00 bits per heavy atom. The van der Waals surface area contributed by atoms with Crippen LogP contribution in [0.2, 0.25) is 0 Å². The molecule has 0 radical (unpaired) electrons. The number of benzene rings is 1. The van der Waals surface area contributed by atoms with Gasteiger partial charge in [-0.2, -0.15) is 0 Å². The lowest BCUT2D eigenvalue weighted by Crippen LogP contribution is -2.22. The van der Waals surface area contributed by atoms with E-state index in [1.165, 1.54) is 17.0 Å². The lowest BCUT2D eigenvalue weighted by molar-refractivity contribution is -0.148. The molecule has 0 aliphatic heterocycles. The number of para-hydroxylation sites is 1. The van der Waals surface area contributed by atoms with Crippen LogP contribution in [0.5, 0.6) is 0 Å². The van der Waals surface area contributed by atoms with Crippen LogP contribution < -0.4 is 0 Å². The Kier molecular flexibility index (Phi) is 5.07. The number of nitrogens with zero attached hydrogens (tertiary/aromatic N) is 1. The Morgan fingerprint density at radius 1 is 1.27 bits per heavy atom. The molecule has 1 aromatic carbocycles. The number of rotatable bonds is 5. The van der Waals surface area contributed by atoms with E-state index in [0.717, 1.165) is 25.1 Å². The van der Waals surface area contributed by atoms with E-state index in [2.05, 4.69) is 29.7 Å². The van der Waals surface area contributed by atoms with Gasteiger partial charge in [0.15, 0.2) is 0 Å². The average Bonchev–Trinajstić information content (AvgIpc) is 2.79. The third-order valence-corrected chi connectivity index (χ3v) is 3.37. The number of fused-ring (bicyclic) bond motifs is 1. The standard InChI is InChI=1S/C19H25NO2/c1-5-6-13-20-16(11-12-18(21)22-19(2,3)4)14-15-9-7-8-10-17(15)20/h7-12,14H,5-6,13H2,1-4H3/b12-11+. The number of hydrogen-bond acceptors (Lipinski definition) is 2. The van der Waals surface area contributed by atoms with Crippen LogP contribution in [-0.2, 0) is 16.1 Å². The summed E-state index contributed by atoms with van der Waals surface area (Å²) in [6, 6.07) is 10.4. The quantitative estimate of drug-likeness (QED) is 0.587. The highest BCUT2D eigenvalue weighted by molar-refractivity contribution is 5.89. The molecule has 1 aromatic heterocycles. The van der Waals surface area contributed by atoms with Gasteiger partial charge in [-0.15, -0.1) is 0 Å². The molecule has 0 N–H and O–H groups in total. The molecule has 22 heavy (non-hydrogen) atoms. The molecule has 0 bridgehead atoms. The third-order valence-electron chi connectivity index (χ3n) is 3.37. The van der Waals surface area contributed by atoms with Crippen LogP contribution in [0.25, 0.3) is 17.0 Å². The number of esters is 1. The number of carbonyl (C=O) groups excluding carboxylic acids is 1. The molecule has 1 heterocycles. The van der Waals surface area contributed by atoms with Crippen LogP contribution >= 0.6 is 0 Å². The van der Waals surface area contributed by atoms with Crippen molar-refractivity contribution in [2.24, 2.45) is 0 Å². The number of aromatic nitrogens is 1. The molecular weight excluding hydrogens is 274 g/mol. The van der Waals surface area contributed by atoms with E-state index >= 15 is 0 Å². The first-order valence-electron chi connectivity index (χ1n) is 7.90. The van der Waals surface area contributed by atoms with Gasteiger partial charge in [0.05, 0.1) is 0 Å². The van der Waals surface area contributed by atoms with Gasteiger partial charge in [0.25, 0.3) is 0 Å². The predicted molar refractivity (Wildman–Crippen MR) is 91.7 cm³/mol. The highest BCUT2D eigenvalue weighted by atomic mass is 16.6. The summed E-state index contributed by atoms with van der Waals surface area (Å²) < 4.78 is 7.58. The van der Waals surface area contributed by atoms with Gasteiger partial charge < -0.3 is 9.30 Å². The van der Waals surface area contributed by atoms with Crippen molar-refractivity contribution >= 4 is 22.9 Å². The van der Waals surface area contributed by atoms with Crippen molar-refractivity contribution in [3.8, 4) is 0 Å². The van der Waals surface area contributed by atoms with Gasteiger partial charge in [0, 0.05) is 29.2 Å². The molecule has 0 unspecified atom stereocenters. The second-order valence-electron chi connectivity index (χ2n) is 6.50. The molecule has 0 spiro atoms. The molecule has 0 aliphatic carbocycles. The number of carbonyl (C=O) groups is 1. The molecular formula is C19H25NO2. The summed E-state index contributed by atoms with van der Waals surface area (Å²) in [5.41, 5.74) is 1.79. The molecule has 0 atom stereocenters. The van der Waals surface area contributed by atoms with Crippen molar-refractivity contribution < 1.29 is 9.53 Å². The van der Waals surface area contributed by atoms with E-state index in [1.807, 2.05) is 39.0 Å². The van der Waals surface area contributed by atoms with E-state index < -0.39 is 5.60 Å². The van der Waals surface area contributed by atoms with Crippen molar-refractivity contribution in [3.05, 3.63) is 42.1 Å². The Hall–Kier alpha value is -2.03. The summed E-state index contributed by atoms with van der Waals surface area (Å²) in [4.78, 5) is 11.9. The number of ether oxygens (including phenoxy) is 1. The SMILES string of the molecule is CCCCn1c(/C=C/C(=O)OC(C)(C)C)cc2ccccc21. The third kappa shape index (κ3) is 4.23. The topological polar surface area (TPSA) is 31.2 Å². The van der Waals surface area contributed by atoms with Crippen molar-refractivity contribution in [2.75, 3.05) is 0 Å². The van der Waals surface area contributed by atoms with Gasteiger partial charge >= 0.3 is 5.97 Å². The summed E-state index contributed by atoms with van der Waals surface area (Å²) in [5.74, 6) is -0.306. The second-order valence-corrected chi connectivity index (χ2v) is 6.50. The monoisotopic (exact) mass is 299 g/mol. The minimum Gasteiger partial charge on any atom is -0.457 e. The van der Waals surface area contributed by atoms with E-state index in [4.69, 9.17) is 4.74 Å². The van der Waals surface area contributed by atoms with Gasteiger partial charge in [0.1, 0.15) is 5.60 Å². The van der Waals surface area contributed by atoms with Gasteiger partial charge in [-0.3, -0.25) is 0 Å². The molecule has 118 valence electrons. The fourth-order valence-electron chi connectivity index (χ4n) is 2.42. The number of hydrogen-bond donors (Lipinski definition) is 0. The molecule has 0 aliphatic rings. The van der Waals surface area contributed by atoms with Crippen LogP contribution in [0.1, 0.15) is 46.2 Å². The molecule has 3 heteroatoms. The summed E-state index contributed by atoms with van der Waals surface area (Å²) >= 11 is 0. The van der Waals surface area contributed by atoms with Gasteiger partial charge in [-0.25, -0.2) is 4.79 Å². The lowest BCUT2D eigenvalue weighted by Gasteiger charge is -2.17.